The fraction of sp³-hybridized carbons (Fsp3) is 0.571. The van der Waals surface area contributed by atoms with Crippen LogP contribution in [0.4, 0.5) is 4.39 Å². The Kier molecular flexibility index (Phi) is 3.34. The lowest BCUT2D eigenvalue weighted by Crippen LogP contribution is -2.65. The van der Waals surface area contributed by atoms with Crippen LogP contribution < -0.4 is 0 Å². The van der Waals surface area contributed by atoms with Gasteiger partial charge in [0.1, 0.15) is 0 Å². The molecule has 1 aliphatic rings. The summed E-state index contributed by atoms with van der Waals surface area (Å²) in [5.74, 6) is -0.984. The normalized spacial score (nSPS) is 21.2. The van der Waals surface area contributed by atoms with Crippen molar-refractivity contribution in [2.75, 3.05) is 13.2 Å². The molecule has 1 saturated heterocycles. The predicted octanol–water partition coefficient (Wildman–Crippen LogP) is 2.25. The van der Waals surface area contributed by atoms with Gasteiger partial charge < -0.3 is 9.64 Å². The number of halogens is 1. The molecule has 2 rings (SSSR count). The van der Waals surface area contributed by atoms with Gasteiger partial charge in [0, 0.05) is 6.20 Å². The Morgan fingerprint density at radius 3 is 2.42 bits per heavy atom. The lowest BCUT2D eigenvalue weighted by molar-refractivity contribution is -0.104. The van der Waals surface area contributed by atoms with E-state index in [1.54, 1.807) is 4.90 Å². The molecule has 1 amide bonds. The van der Waals surface area contributed by atoms with Gasteiger partial charge in [-0.2, -0.15) is 0 Å². The topological polar surface area (TPSA) is 42.4 Å². The Morgan fingerprint density at radius 1 is 1.32 bits per heavy atom. The van der Waals surface area contributed by atoms with Crippen molar-refractivity contribution in [2.24, 2.45) is 0 Å². The van der Waals surface area contributed by atoms with E-state index in [4.69, 9.17) is 4.74 Å². The maximum atomic E-state index is 13.8. The standard InChI is InChI=1S/C14H19FN2O2/c1-13(2)8-19-9-14(3,4)17(13)12(18)11-10(15)6-5-7-16-11/h5-7H,8-9H2,1-4H3. The van der Waals surface area contributed by atoms with Gasteiger partial charge >= 0.3 is 0 Å². The number of carbonyl (C=O) groups excluding carboxylic acids is 1. The van der Waals surface area contributed by atoms with Crippen molar-refractivity contribution in [1.29, 1.82) is 0 Å². The average molecular weight is 266 g/mol. The molecule has 0 bridgehead atoms. The molecule has 0 saturated carbocycles. The second kappa shape index (κ2) is 4.56. The van der Waals surface area contributed by atoms with Crippen molar-refractivity contribution in [3.05, 3.63) is 29.8 Å². The van der Waals surface area contributed by atoms with E-state index < -0.39 is 22.8 Å². The van der Waals surface area contributed by atoms with E-state index in [0.717, 1.165) is 0 Å². The number of rotatable bonds is 1. The Hall–Kier alpha value is -1.49. The third kappa shape index (κ3) is 2.47. The second-order valence-electron chi connectivity index (χ2n) is 6.09. The highest BCUT2D eigenvalue weighted by Gasteiger charge is 2.46. The van der Waals surface area contributed by atoms with Gasteiger partial charge in [0.2, 0.25) is 0 Å². The quantitative estimate of drug-likeness (QED) is 0.783. The molecule has 0 radical (unpaired) electrons. The maximum absolute atomic E-state index is 13.8. The first-order chi connectivity index (χ1) is 8.76. The van der Waals surface area contributed by atoms with Crippen molar-refractivity contribution < 1.29 is 13.9 Å². The molecular weight excluding hydrogens is 247 g/mol. The number of hydrogen-bond donors (Lipinski definition) is 0. The minimum Gasteiger partial charge on any atom is -0.377 e. The molecule has 0 N–H and O–H groups in total. The zero-order chi connectivity index (χ0) is 14.3. The van der Waals surface area contributed by atoms with Crippen LogP contribution in [0.1, 0.15) is 38.2 Å². The highest BCUT2D eigenvalue weighted by atomic mass is 19.1. The molecule has 0 spiro atoms. The number of ether oxygens (including phenoxy) is 1. The first kappa shape index (κ1) is 13.9. The van der Waals surface area contributed by atoms with Crippen molar-refractivity contribution in [1.82, 2.24) is 9.88 Å². The molecule has 0 aliphatic carbocycles. The summed E-state index contributed by atoms with van der Waals surface area (Å²) in [6, 6.07) is 2.72. The van der Waals surface area contributed by atoms with Crippen molar-refractivity contribution >= 4 is 5.91 Å². The van der Waals surface area contributed by atoms with Crippen molar-refractivity contribution in [2.45, 2.75) is 38.8 Å². The van der Waals surface area contributed by atoms with Crippen molar-refractivity contribution in [3.8, 4) is 0 Å². The smallest absolute Gasteiger partial charge is 0.276 e. The van der Waals surface area contributed by atoms with Crippen LogP contribution in [0.15, 0.2) is 18.3 Å². The van der Waals surface area contributed by atoms with E-state index in [-0.39, 0.29) is 5.69 Å². The molecule has 4 nitrogen and oxygen atoms in total. The zero-order valence-corrected chi connectivity index (χ0v) is 11.7. The molecule has 104 valence electrons. The summed E-state index contributed by atoms with van der Waals surface area (Å²) in [6.07, 6.45) is 1.43. The SMILES string of the molecule is CC1(C)COCC(C)(C)N1C(=O)c1ncccc1F. The zero-order valence-electron chi connectivity index (χ0n) is 11.7. The van der Waals surface area contributed by atoms with Gasteiger partial charge in [0.05, 0.1) is 24.3 Å². The van der Waals surface area contributed by atoms with Crippen LogP contribution in [0.5, 0.6) is 0 Å². The minimum absolute atomic E-state index is 0.134. The van der Waals surface area contributed by atoms with E-state index in [2.05, 4.69) is 4.98 Å². The third-order valence-corrected chi connectivity index (χ3v) is 3.29. The Bertz CT molecular complexity index is 484. The number of amides is 1. The summed E-state index contributed by atoms with van der Waals surface area (Å²) < 4.78 is 19.3. The van der Waals surface area contributed by atoms with Crippen molar-refractivity contribution in [3.63, 3.8) is 0 Å². The lowest BCUT2D eigenvalue weighted by Gasteiger charge is -2.52. The van der Waals surface area contributed by atoms with E-state index in [9.17, 15) is 9.18 Å². The van der Waals surface area contributed by atoms with Gasteiger partial charge in [-0.05, 0) is 39.8 Å². The first-order valence-corrected chi connectivity index (χ1v) is 6.29. The summed E-state index contributed by atoms with van der Waals surface area (Å²) in [6.45, 7) is 8.49. The summed E-state index contributed by atoms with van der Waals surface area (Å²) in [4.78, 5) is 18.2. The monoisotopic (exact) mass is 266 g/mol. The molecule has 1 aromatic heterocycles. The van der Waals surface area contributed by atoms with Gasteiger partial charge in [-0.1, -0.05) is 0 Å². The van der Waals surface area contributed by atoms with Crippen LogP contribution in [-0.2, 0) is 4.74 Å². The van der Waals surface area contributed by atoms with Crippen LogP contribution in [-0.4, -0.2) is 40.1 Å². The molecule has 0 unspecified atom stereocenters. The number of morpholine rings is 1. The summed E-state index contributed by atoms with van der Waals surface area (Å²) >= 11 is 0. The molecule has 5 heteroatoms. The van der Waals surface area contributed by atoms with E-state index >= 15 is 0 Å². The van der Waals surface area contributed by atoms with Crippen LogP contribution >= 0.6 is 0 Å². The molecule has 0 atom stereocenters. The predicted molar refractivity (Wildman–Crippen MR) is 69.3 cm³/mol. The number of aromatic nitrogens is 1. The van der Waals surface area contributed by atoms with Crippen LogP contribution in [0.3, 0.4) is 0 Å². The fourth-order valence-corrected chi connectivity index (χ4v) is 2.70. The number of pyridine rings is 1. The third-order valence-electron chi connectivity index (χ3n) is 3.29. The number of nitrogens with zero attached hydrogens (tertiary/aromatic N) is 2. The Balaban J connectivity index is 2.43. The van der Waals surface area contributed by atoms with Gasteiger partial charge in [-0.3, -0.25) is 4.79 Å². The molecule has 0 aromatic carbocycles. The molecule has 2 heterocycles. The van der Waals surface area contributed by atoms with E-state index in [0.29, 0.717) is 13.2 Å². The van der Waals surface area contributed by atoms with Crippen LogP contribution in [0.25, 0.3) is 0 Å². The summed E-state index contributed by atoms with van der Waals surface area (Å²) in [5, 5.41) is 0. The molecule has 1 aromatic rings. The number of carbonyl (C=O) groups is 1. The van der Waals surface area contributed by atoms with Crippen LogP contribution in [0, 0.1) is 5.82 Å². The highest BCUT2D eigenvalue weighted by Crippen LogP contribution is 2.32. The summed E-state index contributed by atoms with van der Waals surface area (Å²) in [5.41, 5.74) is -1.13. The minimum atomic E-state index is -0.592. The van der Waals surface area contributed by atoms with E-state index in [1.807, 2.05) is 27.7 Å². The van der Waals surface area contributed by atoms with Gasteiger partial charge in [-0.25, -0.2) is 9.37 Å². The molecule has 1 fully saturated rings. The fourth-order valence-electron chi connectivity index (χ4n) is 2.70. The molecule has 19 heavy (non-hydrogen) atoms. The Labute approximate surface area is 112 Å². The Morgan fingerprint density at radius 2 is 1.89 bits per heavy atom. The van der Waals surface area contributed by atoms with Gasteiger partial charge in [-0.15, -0.1) is 0 Å². The number of hydrogen-bond acceptors (Lipinski definition) is 3. The molecule has 1 aliphatic heterocycles. The maximum Gasteiger partial charge on any atom is 0.276 e. The van der Waals surface area contributed by atoms with Crippen LogP contribution in [0.2, 0.25) is 0 Å². The average Bonchev–Trinajstić information content (AvgIpc) is 2.26. The summed E-state index contributed by atoms with van der Waals surface area (Å²) in [7, 11) is 0. The van der Waals surface area contributed by atoms with Gasteiger partial charge in [0.15, 0.2) is 11.5 Å². The molecular formula is C14H19FN2O2. The lowest BCUT2D eigenvalue weighted by atomic mass is 9.91. The van der Waals surface area contributed by atoms with Gasteiger partial charge in [0.25, 0.3) is 5.91 Å². The highest BCUT2D eigenvalue weighted by molar-refractivity contribution is 5.93. The largest absolute Gasteiger partial charge is 0.377 e. The first-order valence-electron chi connectivity index (χ1n) is 6.29. The second-order valence-corrected chi connectivity index (χ2v) is 6.09. The van der Waals surface area contributed by atoms with E-state index in [1.165, 1.54) is 18.3 Å².